The molecular weight excluding hydrogens is 196 g/mol. The van der Waals surface area contributed by atoms with E-state index in [-0.39, 0.29) is 12.4 Å². The summed E-state index contributed by atoms with van der Waals surface area (Å²) in [6, 6.07) is 6.79. The number of rotatable bonds is 2. The number of nitrogens with one attached hydrogen (secondary N) is 1. The third-order valence-corrected chi connectivity index (χ3v) is 2.40. The van der Waals surface area contributed by atoms with Crippen molar-refractivity contribution < 1.29 is 0 Å². The van der Waals surface area contributed by atoms with Crippen LogP contribution in [0.3, 0.4) is 0 Å². The van der Waals surface area contributed by atoms with Gasteiger partial charge in [0.15, 0.2) is 0 Å². The second kappa shape index (κ2) is 4.78. The molecule has 0 unspecified atom stereocenters. The molecule has 1 aromatic carbocycles. The molecule has 0 aromatic heterocycles. The van der Waals surface area contributed by atoms with Crippen LogP contribution in [0.15, 0.2) is 18.2 Å². The summed E-state index contributed by atoms with van der Waals surface area (Å²) < 4.78 is 0. The van der Waals surface area contributed by atoms with Crippen molar-refractivity contribution in [3.8, 4) is 0 Å². The van der Waals surface area contributed by atoms with Crippen molar-refractivity contribution in [3.05, 3.63) is 34.9 Å². The van der Waals surface area contributed by atoms with Gasteiger partial charge in [0.1, 0.15) is 0 Å². The highest BCUT2D eigenvalue weighted by Crippen LogP contribution is 2.17. The molecule has 0 bridgehead atoms. The van der Waals surface area contributed by atoms with Crippen molar-refractivity contribution >= 4 is 12.4 Å². The van der Waals surface area contributed by atoms with Gasteiger partial charge >= 0.3 is 0 Å². The van der Waals surface area contributed by atoms with E-state index in [4.69, 9.17) is 0 Å². The summed E-state index contributed by atoms with van der Waals surface area (Å²) in [7, 11) is 4.21. The molecule has 1 aliphatic heterocycles. The molecule has 2 rings (SSSR count). The lowest BCUT2D eigenvalue weighted by Crippen LogP contribution is -2.10. The van der Waals surface area contributed by atoms with Crippen LogP contribution in [0.4, 0.5) is 0 Å². The summed E-state index contributed by atoms with van der Waals surface area (Å²) in [4.78, 5) is 2.20. The van der Waals surface area contributed by atoms with Gasteiger partial charge in [-0.05, 0) is 30.8 Å². The van der Waals surface area contributed by atoms with Gasteiger partial charge < -0.3 is 10.2 Å². The Morgan fingerprint density at radius 3 is 2.64 bits per heavy atom. The highest BCUT2D eigenvalue weighted by atomic mass is 35.5. The molecule has 3 heteroatoms. The van der Waals surface area contributed by atoms with E-state index >= 15 is 0 Å². The number of benzene rings is 1. The Hall–Kier alpha value is -0.570. The zero-order valence-corrected chi connectivity index (χ0v) is 9.53. The molecule has 0 atom stereocenters. The van der Waals surface area contributed by atoms with Gasteiger partial charge in [0.25, 0.3) is 0 Å². The standard InChI is InChI=1S/C11H16N2.ClH/c1-13(2)8-9-3-4-10-6-12-7-11(10)5-9;/h3-5,12H,6-8H2,1-2H3;1H. The summed E-state index contributed by atoms with van der Waals surface area (Å²) in [6.45, 7) is 3.11. The quantitative estimate of drug-likeness (QED) is 0.804. The molecule has 0 amide bonds. The fourth-order valence-electron chi connectivity index (χ4n) is 1.81. The van der Waals surface area contributed by atoms with E-state index in [1.54, 1.807) is 0 Å². The van der Waals surface area contributed by atoms with Crippen molar-refractivity contribution in [2.24, 2.45) is 0 Å². The first kappa shape index (κ1) is 11.5. The van der Waals surface area contributed by atoms with Crippen LogP contribution in [0.1, 0.15) is 16.7 Å². The molecule has 2 nitrogen and oxygen atoms in total. The van der Waals surface area contributed by atoms with Crippen LogP contribution in [0, 0.1) is 0 Å². The molecule has 0 aliphatic carbocycles. The van der Waals surface area contributed by atoms with E-state index in [2.05, 4.69) is 42.5 Å². The van der Waals surface area contributed by atoms with Gasteiger partial charge in [-0.15, -0.1) is 12.4 Å². The predicted octanol–water partition coefficient (Wildman–Crippen LogP) is 1.77. The largest absolute Gasteiger partial charge is 0.309 e. The Morgan fingerprint density at radius 2 is 1.93 bits per heavy atom. The normalized spacial score (nSPS) is 13.9. The van der Waals surface area contributed by atoms with E-state index in [0.717, 1.165) is 19.6 Å². The number of nitrogens with zero attached hydrogens (tertiary/aromatic N) is 1. The SMILES string of the molecule is CN(C)Cc1ccc2c(c1)CNC2.Cl. The Morgan fingerprint density at radius 1 is 1.21 bits per heavy atom. The first-order valence-electron chi connectivity index (χ1n) is 4.72. The zero-order chi connectivity index (χ0) is 9.26. The maximum atomic E-state index is 3.35. The van der Waals surface area contributed by atoms with E-state index in [1.807, 2.05) is 0 Å². The molecule has 14 heavy (non-hydrogen) atoms. The molecule has 1 aromatic rings. The maximum absolute atomic E-state index is 3.35. The molecule has 1 heterocycles. The van der Waals surface area contributed by atoms with Gasteiger partial charge in [-0.1, -0.05) is 18.2 Å². The van der Waals surface area contributed by atoms with Crippen LogP contribution in [0.25, 0.3) is 0 Å². The van der Waals surface area contributed by atoms with Gasteiger partial charge in [0, 0.05) is 19.6 Å². The summed E-state index contributed by atoms with van der Waals surface area (Å²) in [6.07, 6.45) is 0. The molecule has 0 saturated heterocycles. The summed E-state index contributed by atoms with van der Waals surface area (Å²) >= 11 is 0. The summed E-state index contributed by atoms with van der Waals surface area (Å²) in [5, 5.41) is 3.35. The minimum atomic E-state index is 0. The number of hydrogen-bond donors (Lipinski definition) is 1. The fourth-order valence-corrected chi connectivity index (χ4v) is 1.81. The lowest BCUT2D eigenvalue weighted by atomic mass is 10.1. The van der Waals surface area contributed by atoms with Crippen molar-refractivity contribution in [2.45, 2.75) is 19.6 Å². The van der Waals surface area contributed by atoms with E-state index < -0.39 is 0 Å². The Bertz CT molecular complexity index is 310. The molecule has 0 fully saturated rings. The molecule has 1 N–H and O–H groups in total. The second-order valence-electron chi connectivity index (χ2n) is 3.94. The average molecular weight is 213 g/mol. The van der Waals surface area contributed by atoms with Gasteiger partial charge in [-0.3, -0.25) is 0 Å². The zero-order valence-electron chi connectivity index (χ0n) is 8.71. The molecular formula is C11H17ClN2. The van der Waals surface area contributed by atoms with Crippen molar-refractivity contribution in [3.63, 3.8) is 0 Å². The number of fused-ring (bicyclic) bond motifs is 1. The predicted molar refractivity (Wildman–Crippen MR) is 61.6 cm³/mol. The third kappa shape index (κ3) is 2.47. The minimum Gasteiger partial charge on any atom is -0.309 e. The Labute approximate surface area is 91.7 Å². The topological polar surface area (TPSA) is 15.3 Å². The van der Waals surface area contributed by atoms with Crippen LogP contribution in [-0.4, -0.2) is 19.0 Å². The van der Waals surface area contributed by atoms with E-state index in [0.29, 0.717) is 0 Å². The second-order valence-corrected chi connectivity index (χ2v) is 3.94. The summed E-state index contributed by atoms with van der Waals surface area (Å²) in [5.41, 5.74) is 4.34. The van der Waals surface area contributed by atoms with Crippen molar-refractivity contribution in [1.82, 2.24) is 10.2 Å². The van der Waals surface area contributed by atoms with E-state index in [1.165, 1.54) is 16.7 Å². The van der Waals surface area contributed by atoms with Crippen molar-refractivity contribution in [1.29, 1.82) is 0 Å². The summed E-state index contributed by atoms with van der Waals surface area (Å²) in [5.74, 6) is 0. The van der Waals surface area contributed by atoms with Crippen LogP contribution in [0.2, 0.25) is 0 Å². The van der Waals surface area contributed by atoms with Crippen LogP contribution in [-0.2, 0) is 19.6 Å². The highest BCUT2D eigenvalue weighted by Gasteiger charge is 2.09. The first-order chi connectivity index (χ1) is 6.25. The van der Waals surface area contributed by atoms with Crippen LogP contribution in [0.5, 0.6) is 0 Å². The lowest BCUT2D eigenvalue weighted by Gasteiger charge is -2.10. The van der Waals surface area contributed by atoms with Gasteiger partial charge in [0.05, 0.1) is 0 Å². The van der Waals surface area contributed by atoms with Gasteiger partial charge in [-0.2, -0.15) is 0 Å². The fraction of sp³-hybridized carbons (Fsp3) is 0.455. The van der Waals surface area contributed by atoms with Crippen LogP contribution < -0.4 is 5.32 Å². The smallest absolute Gasteiger partial charge is 0.0227 e. The molecule has 0 saturated carbocycles. The van der Waals surface area contributed by atoms with Gasteiger partial charge in [-0.25, -0.2) is 0 Å². The lowest BCUT2D eigenvalue weighted by molar-refractivity contribution is 0.402. The molecule has 0 radical (unpaired) electrons. The maximum Gasteiger partial charge on any atom is 0.0227 e. The molecule has 1 aliphatic rings. The number of halogens is 1. The Kier molecular flexibility index (Phi) is 3.93. The minimum absolute atomic E-state index is 0. The molecule has 0 spiro atoms. The highest BCUT2D eigenvalue weighted by molar-refractivity contribution is 5.85. The van der Waals surface area contributed by atoms with E-state index in [9.17, 15) is 0 Å². The van der Waals surface area contributed by atoms with Gasteiger partial charge in [0.2, 0.25) is 0 Å². The average Bonchev–Trinajstić information content (AvgIpc) is 2.49. The number of hydrogen-bond acceptors (Lipinski definition) is 2. The molecule has 78 valence electrons. The first-order valence-corrected chi connectivity index (χ1v) is 4.72. The third-order valence-electron chi connectivity index (χ3n) is 2.40. The van der Waals surface area contributed by atoms with Crippen molar-refractivity contribution in [2.75, 3.05) is 14.1 Å². The monoisotopic (exact) mass is 212 g/mol. The Balaban J connectivity index is 0.000000980. The van der Waals surface area contributed by atoms with Crippen LogP contribution >= 0.6 is 12.4 Å².